The molecule has 4 aromatic carbocycles. The Hall–Kier alpha value is -6.89. The molecule has 0 spiro atoms. The summed E-state index contributed by atoms with van der Waals surface area (Å²) in [6.07, 6.45) is 7.23. The summed E-state index contributed by atoms with van der Waals surface area (Å²) >= 11 is 1.17. The van der Waals surface area contributed by atoms with Gasteiger partial charge in [-0.05, 0) is 92.4 Å². The van der Waals surface area contributed by atoms with Crippen LogP contribution in [0.25, 0.3) is 22.3 Å². The lowest BCUT2D eigenvalue weighted by molar-refractivity contribution is -0.127. The minimum absolute atomic E-state index is 0.0482. The summed E-state index contributed by atoms with van der Waals surface area (Å²) in [6, 6.07) is 28.9. The zero-order valence-corrected chi connectivity index (χ0v) is 43.7. The van der Waals surface area contributed by atoms with Crippen molar-refractivity contribution < 1.29 is 51.6 Å². The molecule has 0 saturated carbocycles. The van der Waals surface area contributed by atoms with Crippen molar-refractivity contribution in [3.8, 4) is 22.8 Å². The van der Waals surface area contributed by atoms with Crippen molar-refractivity contribution in [2.45, 2.75) is 36.6 Å². The maximum atomic E-state index is 15.0. The second kappa shape index (κ2) is 28.5. The number of thioether (sulfide) groups is 1. The number of nitrogens with zero attached hydrogens (tertiary/aromatic N) is 8. The summed E-state index contributed by atoms with van der Waals surface area (Å²) in [5.41, 5.74) is 15.1. The molecule has 0 radical (unpaired) electrons. The van der Waals surface area contributed by atoms with E-state index in [1.54, 1.807) is 12.2 Å². The van der Waals surface area contributed by atoms with Gasteiger partial charge >= 0.3 is 6.03 Å². The van der Waals surface area contributed by atoms with E-state index in [0.29, 0.717) is 114 Å². The molecule has 2 atom stereocenters. The van der Waals surface area contributed by atoms with Gasteiger partial charge in [-0.3, -0.25) is 9.63 Å². The zero-order valence-electron chi connectivity index (χ0n) is 42.9. The standard InChI is InChI=1S/C55H64F2N10O9S/c1-64(54(69)67-55(23-10-24-58,41-11-4-2-5-12-41)77-53(63-67)46-37-42(56)19-22-47(46)57)75-36-35-74-34-33-73-32-31-72-30-29-71-28-27-70-26-9-16-48(68)65-25-8-13-43(38-65)66-52-49(51(59)60-39-61-52)50(62-66)40-17-20-45(21-18-40)76-44-14-6-3-7-15-44/h2-7,9,11-12,14-22,37,39,43H,8,10,13,23-36,38,58H2,1H3,(H2,59,60,61)/b16-9+/t43-,55?/m1/s1. The van der Waals surface area contributed by atoms with Gasteiger partial charge in [0, 0.05) is 37.3 Å². The van der Waals surface area contributed by atoms with Crippen LogP contribution in [-0.4, -0.2) is 151 Å². The van der Waals surface area contributed by atoms with Crippen LogP contribution in [0.3, 0.4) is 0 Å². The van der Waals surface area contributed by atoms with Crippen molar-refractivity contribution in [2.75, 3.05) is 105 Å². The Bertz CT molecular complexity index is 2910. The molecule has 1 unspecified atom stereocenters. The number of rotatable bonds is 28. The monoisotopic (exact) mass is 1080 g/mol. The fourth-order valence-electron chi connectivity index (χ4n) is 8.70. The maximum absolute atomic E-state index is 15.0. The smallest absolute Gasteiger partial charge is 0.365 e. The summed E-state index contributed by atoms with van der Waals surface area (Å²) in [7, 11) is 1.46. The number of anilines is 1. The number of carbonyl (C=O) groups excluding carboxylic acids is 2. The van der Waals surface area contributed by atoms with Crippen LogP contribution < -0.4 is 16.2 Å². The first-order chi connectivity index (χ1) is 37.6. The second-order valence-corrected chi connectivity index (χ2v) is 19.1. The van der Waals surface area contributed by atoms with Gasteiger partial charge in [-0.1, -0.05) is 66.4 Å². The summed E-state index contributed by atoms with van der Waals surface area (Å²) in [6.45, 7) is 4.75. The van der Waals surface area contributed by atoms with Gasteiger partial charge in [-0.2, -0.15) is 15.2 Å². The predicted molar refractivity (Wildman–Crippen MR) is 288 cm³/mol. The van der Waals surface area contributed by atoms with Crippen molar-refractivity contribution in [1.29, 1.82) is 0 Å². The van der Waals surface area contributed by atoms with Gasteiger partial charge in [0.15, 0.2) is 5.65 Å². The number of piperidine rings is 1. The molecule has 1 fully saturated rings. The van der Waals surface area contributed by atoms with Gasteiger partial charge in [-0.25, -0.2) is 33.3 Å². The number of hydroxylamine groups is 2. The number of urea groups is 1. The molecule has 4 heterocycles. The summed E-state index contributed by atoms with van der Waals surface area (Å²) in [4.78, 5) is 42.4. The number of halogens is 2. The number of nitrogens with two attached hydrogens (primary N) is 2. The fraction of sp³-hybridized carbons (Fsp3) is 0.382. The number of ether oxygens (including phenoxy) is 6. The molecular weight excluding hydrogens is 1010 g/mol. The van der Waals surface area contributed by atoms with Crippen molar-refractivity contribution in [2.24, 2.45) is 10.8 Å². The van der Waals surface area contributed by atoms with Gasteiger partial charge in [-0.15, -0.1) is 0 Å². The van der Waals surface area contributed by atoms with Crippen LogP contribution in [-0.2, 0) is 38.2 Å². The molecule has 408 valence electrons. The van der Waals surface area contributed by atoms with Crippen molar-refractivity contribution >= 4 is 45.6 Å². The highest BCUT2D eigenvalue weighted by Gasteiger charge is 2.50. The quantitative estimate of drug-likeness (QED) is 0.0271. The summed E-state index contributed by atoms with van der Waals surface area (Å²) in [5.74, 6) is 0.378. The average molecular weight is 1080 g/mol. The van der Waals surface area contributed by atoms with Crippen molar-refractivity contribution in [3.63, 3.8) is 0 Å². The van der Waals surface area contributed by atoms with Gasteiger partial charge in [0.05, 0.1) is 84.1 Å². The highest BCUT2D eigenvalue weighted by atomic mass is 32.2. The Labute approximate surface area is 450 Å². The number of hydrogen-bond acceptors (Lipinski definition) is 16. The van der Waals surface area contributed by atoms with E-state index < -0.39 is 22.5 Å². The molecular formula is C55H64F2N10O9S. The normalized spacial score (nSPS) is 16.6. The van der Waals surface area contributed by atoms with E-state index in [4.69, 9.17) is 49.8 Å². The number of likely N-dealkylation sites (tertiary alicyclic amines) is 1. The minimum Gasteiger partial charge on any atom is -0.457 e. The minimum atomic E-state index is -1.09. The molecule has 2 aliphatic rings. The molecule has 19 nitrogen and oxygen atoms in total. The van der Waals surface area contributed by atoms with Crippen LogP contribution in [0.2, 0.25) is 0 Å². The highest BCUT2D eigenvalue weighted by molar-refractivity contribution is 8.15. The number of nitrogen functional groups attached to an aromatic ring is 1. The van der Waals surface area contributed by atoms with E-state index in [1.807, 2.05) is 94.5 Å². The highest BCUT2D eigenvalue weighted by Crippen LogP contribution is 2.51. The third kappa shape index (κ3) is 15.0. The molecule has 4 N–H and O–H groups in total. The first kappa shape index (κ1) is 56.3. The molecule has 0 bridgehead atoms. The molecule has 6 aromatic rings. The fourth-order valence-corrected chi connectivity index (χ4v) is 10.1. The largest absolute Gasteiger partial charge is 0.457 e. The number of amides is 3. The lowest BCUT2D eigenvalue weighted by atomic mass is 10.0. The number of para-hydroxylation sites is 1. The molecule has 77 heavy (non-hydrogen) atoms. The predicted octanol–water partition coefficient (Wildman–Crippen LogP) is 7.93. The van der Waals surface area contributed by atoms with Crippen LogP contribution in [0.5, 0.6) is 11.5 Å². The van der Waals surface area contributed by atoms with Gasteiger partial charge in [0.1, 0.15) is 50.9 Å². The van der Waals surface area contributed by atoms with Crippen molar-refractivity contribution in [1.82, 2.24) is 34.7 Å². The molecule has 3 amide bonds. The lowest BCUT2D eigenvalue weighted by Crippen LogP contribution is -2.47. The van der Waals surface area contributed by atoms with Crippen LogP contribution >= 0.6 is 11.8 Å². The third-order valence-electron chi connectivity index (χ3n) is 12.5. The number of benzene rings is 4. The van der Waals surface area contributed by atoms with E-state index >= 15 is 0 Å². The Morgan fingerprint density at radius 3 is 2.16 bits per heavy atom. The number of hydrazone groups is 1. The molecule has 2 aliphatic heterocycles. The molecule has 0 aliphatic carbocycles. The van der Waals surface area contributed by atoms with E-state index in [-0.39, 0.29) is 42.4 Å². The number of carbonyl (C=O) groups is 2. The second-order valence-electron chi connectivity index (χ2n) is 17.8. The van der Waals surface area contributed by atoms with Gasteiger partial charge in [0.25, 0.3) is 0 Å². The lowest BCUT2D eigenvalue weighted by Gasteiger charge is -2.37. The van der Waals surface area contributed by atoms with E-state index in [0.717, 1.165) is 53.0 Å². The molecule has 2 aromatic heterocycles. The van der Waals surface area contributed by atoms with E-state index in [2.05, 4.69) is 15.1 Å². The van der Waals surface area contributed by atoms with Crippen LogP contribution in [0, 0.1) is 11.6 Å². The van der Waals surface area contributed by atoms with E-state index in [9.17, 15) is 18.4 Å². The Morgan fingerprint density at radius 1 is 0.818 bits per heavy atom. The van der Waals surface area contributed by atoms with Gasteiger partial charge < -0.3 is 44.8 Å². The topological polar surface area (TPSA) is 216 Å². The van der Waals surface area contributed by atoms with E-state index in [1.165, 1.54) is 30.1 Å². The third-order valence-corrected chi connectivity index (χ3v) is 14.0. The number of fused-ring (bicyclic) bond motifs is 1. The Kier molecular flexibility index (Phi) is 20.8. The maximum Gasteiger partial charge on any atom is 0.365 e. The Morgan fingerprint density at radius 2 is 1.47 bits per heavy atom. The Balaban J connectivity index is 0.663. The van der Waals surface area contributed by atoms with Crippen LogP contribution in [0.4, 0.5) is 19.4 Å². The zero-order chi connectivity index (χ0) is 53.8. The van der Waals surface area contributed by atoms with Gasteiger partial charge in [0.2, 0.25) is 5.91 Å². The summed E-state index contributed by atoms with van der Waals surface area (Å²) in [5, 5.41) is 12.7. The van der Waals surface area contributed by atoms with Crippen LogP contribution in [0.1, 0.15) is 42.9 Å². The average Bonchev–Trinajstić information content (AvgIpc) is 4.10. The van der Waals surface area contributed by atoms with Crippen LogP contribution in [0.15, 0.2) is 127 Å². The number of aromatic nitrogens is 4. The number of hydrogen-bond donors (Lipinski definition) is 2. The SMILES string of the molecule is CN(OCCOCCOCCOCCOCCOC/C=C/C(=O)N1CCC[C@@H](n2nc(-c3ccc(Oc4ccccc4)cc3)c3c(N)ncnc32)C1)C(=O)N1N=C(c2cc(F)ccc2F)SC1(CCCN)c1ccccc1. The van der Waals surface area contributed by atoms with Crippen molar-refractivity contribution in [3.05, 3.63) is 144 Å². The first-order valence-corrected chi connectivity index (χ1v) is 26.3. The molecule has 8 rings (SSSR count). The molecule has 22 heteroatoms. The summed E-state index contributed by atoms with van der Waals surface area (Å²) < 4.78 is 65.1. The molecule has 1 saturated heterocycles. The first-order valence-electron chi connectivity index (χ1n) is 25.5.